The lowest BCUT2D eigenvalue weighted by atomic mass is 10.2. The van der Waals surface area contributed by atoms with Crippen molar-refractivity contribution in [1.29, 1.82) is 0 Å². The minimum atomic E-state index is 0.610. The number of hydrogen-bond donors (Lipinski definition) is 1. The molecule has 132 valence electrons. The third-order valence-electron chi connectivity index (χ3n) is 3.73. The van der Waals surface area contributed by atoms with E-state index in [1.807, 2.05) is 19.9 Å². The van der Waals surface area contributed by atoms with E-state index in [0.717, 1.165) is 53.3 Å². The van der Waals surface area contributed by atoms with Crippen LogP contribution in [0, 0.1) is 13.8 Å². The quantitative estimate of drug-likeness (QED) is 0.655. The highest BCUT2D eigenvalue weighted by Gasteiger charge is 2.11. The normalized spacial score (nSPS) is 10.9. The van der Waals surface area contributed by atoms with Crippen molar-refractivity contribution in [3.8, 4) is 11.5 Å². The van der Waals surface area contributed by atoms with Gasteiger partial charge >= 0.3 is 0 Å². The van der Waals surface area contributed by atoms with E-state index in [0.29, 0.717) is 6.61 Å². The van der Waals surface area contributed by atoms with Gasteiger partial charge < -0.3 is 14.8 Å². The summed E-state index contributed by atoms with van der Waals surface area (Å²) in [5.41, 5.74) is 3.45. The van der Waals surface area contributed by atoms with Gasteiger partial charge in [-0.3, -0.25) is 4.68 Å². The Morgan fingerprint density at radius 2 is 2.04 bits per heavy atom. The second kappa shape index (κ2) is 9.08. The van der Waals surface area contributed by atoms with Crippen molar-refractivity contribution in [2.45, 2.75) is 40.3 Å². The van der Waals surface area contributed by atoms with E-state index in [1.165, 1.54) is 5.69 Å². The summed E-state index contributed by atoms with van der Waals surface area (Å²) in [6, 6.07) is 6.20. The summed E-state index contributed by atoms with van der Waals surface area (Å²) in [6.07, 6.45) is 1.04. The largest absolute Gasteiger partial charge is 0.493 e. The van der Waals surface area contributed by atoms with Gasteiger partial charge in [0, 0.05) is 18.8 Å². The molecule has 0 spiro atoms. The van der Waals surface area contributed by atoms with Crippen LogP contribution in [0.15, 0.2) is 22.7 Å². The smallest absolute Gasteiger partial charge is 0.175 e. The Morgan fingerprint density at radius 1 is 1.25 bits per heavy atom. The fourth-order valence-electron chi connectivity index (χ4n) is 2.65. The number of rotatable bonds is 9. The monoisotopic (exact) mass is 395 g/mol. The molecule has 1 aromatic carbocycles. The van der Waals surface area contributed by atoms with E-state index < -0.39 is 0 Å². The van der Waals surface area contributed by atoms with Gasteiger partial charge in [-0.25, -0.2) is 0 Å². The molecule has 5 nitrogen and oxygen atoms in total. The van der Waals surface area contributed by atoms with Gasteiger partial charge in [-0.2, -0.15) is 5.10 Å². The van der Waals surface area contributed by atoms with Crippen molar-refractivity contribution in [1.82, 2.24) is 15.1 Å². The Hall–Kier alpha value is -1.53. The summed E-state index contributed by atoms with van der Waals surface area (Å²) in [5.74, 6) is 1.51. The average molecular weight is 396 g/mol. The van der Waals surface area contributed by atoms with E-state index in [4.69, 9.17) is 9.47 Å². The zero-order valence-electron chi connectivity index (χ0n) is 14.9. The molecule has 0 saturated carbocycles. The Labute approximate surface area is 152 Å². The molecule has 2 aromatic rings. The van der Waals surface area contributed by atoms with Crippen molar-refractivity contribution >= 4 is 15.9 Å². The highest BCUT2D eigenvalue weighted by atomic mass is 79.9. The molecule has 6 heteroatoms. The molecular weight excluding hydrogens is 370 g/mol. The van der Waals surface area contributed by atoms with Crippen LogP contribution < -0.4 is 14.8 Å². The number of hydrogen-bond acceptors (Lipinski definition) is 4. The molecule has 0 bridgehead atoms. The Kier molecular flexibility index (Phi) is 7.12. The van der Waals surface area contributed by atoms with Gasteiger partial charge in [0.2, 0.25) is 0 Å². The lowest BCUT2D eigenvalue weighted by molar-refractivity contribution is 0.308. The standard InChI is InChI=1S/C18H26BrN3O2/c1-5-24-18-16(19)10-15(11-17(18)23-4)12-20-7-6-8-22-14(3)9-13(2)21-22/h9-11,20H,5-8,12H2,1-4H3. The molecule has 0 radical (unpaired) electrons. The number of nitrogens with zero attached hydrogens (tertiary/aromatic N) is 2. The second-order valence-electron chi connectivity index (χ2n) is 5.72. The molecular formula is C18H26BrN3O2. The van der Waals surface area contributed by atoms with Gasteiger partial charge in [0.15, 0.2) is 11.5 Å². The van der Waals surface area contributed by atoms with Gasteiger partial charge in [-0.1, -0.05) is 0 Å². The van der Waals surface area contributed by atoms with Gasteiger partial charge in [-0.05, 0) is 73.4 Å². The average Bonchev–Trinajstić information content (AvgIpc) is 2.87. The molecule has 1 N–H and O–H groups in total. The van der Waals surface area contributed by atoms with E-state index >= 15 is 0 Å². The molecule has 1 aromatic heterocycles. The highest BCUT2D eigenvalue weighted by molar-refractivity contribution is 9.10. The van der Waals surface area contributed by atoms with Crippen LogP contribution in [-0.2, 0) is 13.1 Å². The lowest BCUT2D eigenvalue weighted by Gasteiger charge is -2.14. The summed E-state index contributed by atoms with van der Waals surface area (Å²) < 4.78 is 14.0. The van der Waals surface area contributed by atoms with E-state index in [2.05, 4.69) is 50.1 Å². The minimum Gasteiger partial charge on any atom is -0.493 e. The number of aromatic nitrogens is 2. The maximum atomic E-state index is 5.62. The predicted octanol–water partition coefficient (Wildman–Crippen LogP) is 3.85. The third kappa shape index (κ3) is 4.98. The van der Waals surface area contributed by atoms with Gasteiger partial charge in [0.05, 0.1) is 23.9 Å². The Balaban J connectivity index is 1.83. The topological polar surface area (TPSA) is 48.3 Å². The van der Waals surface area contributed by atoms with Gasteiger partial charge in [-0.15, -0.1) is 0 Å². The fourth-order valence-corrected chi connectivity index (χ4v) is 3.25. The third-order valence-corrected chi connectivity index (χ3v) is 4.32. The van der Waals surface area contributed by atoms with Crippen molar-refractivity contribution in [2.24, 2.45) is 0 Å². The maximum absolute atomic E-state index is 5.62. The maximum Gasteiger partial charge on any atom is 0.175 e. The van der Waals surface area contributed by atoms with Crippen LogP contribution in [0.25, 0.3) is 0 Å². The zero-order chi connectivity index (χ0) is 17.5. The van der Waals surface area contributed by atoms with Crippen LogP contribution in [0.1, 0.15) is 30.3 Å². The van der Waals surface area contributed by atoms with Gasteiger partial charge in [0.1, 0.15) is 0 Å². The Morgan fingerprint density at radius 3 is 2.67 bits per heavy atom. The van der Waals surface area contributed by atoms with E-state index in [1.54, 1.807) is 7.11 Å². The van der Waals surface area contributed by atoms with Crippen LogP contribution in [0.5, 0.6) is 11.5 Å². The second-order valence-corrected chi connectivity index (χ2v) is 6.58. The lowest BCUT2D eigenvalue weighted by Crippen LogP contribution is -2.17. The van der Waals surface area contributed by atoms with Crippen LogP contribution >= 0.6 is 15.9 Å². The van der Waals surface area contributed by atoms with Gasteiger partial charge in [0.25, 0.3) is 0 Å². The summed E-state index contributed by atoms with van der Waals surface area (Å²) in [7, 11) is 1.66. The summed E-state index contributed by atoms with van der Waals surface area (Å²) in [4.78, 5) is 0. The molecule has 2 rings (SSSR count). The molecule has 0 saturated heterocycles. The van der Waals surface area contributed by atoms with Crippen LogP contribution in [0.3, 0.4) is 0 Å². The predicted molar refractivity (Wildman–Crippen MR) is 99.9 cm³/mol. The first-order valence-electron chi connectivity index (χ1n) is 8.26. The molecule has 0 amide bonds. The molecule has 24 heavy (non-hydrogen) atoms. The Bertz CT molecular complexity index is 671. The van der Waals surface area contributed by atoms with Crippen molar-refractivity contribution in [3.63, 3.8) is 0 Å². The number of aryl methyl sites for hydroxylation is 3. The molecule has 0 unspecified atom stereocenters. The van der Waals surface area contributed by atoms with Crippen LogP contribution in [-0.4, -0.2) is 30.0 Å². The van der Waals surface area contributed by atoms with E-state index in [9.17, 15) is 0 Å². The minimum absolute atomic E-state index is 0.610. The molecule has 0 fully saturated rings. The first-order chi connectivity index (χ1) is 11.5. The fraction of sp³-hybridized carbons (Fsp3) is 0.500. The highest BCUT2D eigenvalue weighted by Crippen LogP contribution is 2.36. The number of benzene rings is 1. The SMILES string of the molecule is CCOc1c(Br)cc(CNCCCn2nc(C)cc2C)cc1OC. The zero-order valence-corrected chi connectivity index (χ0v) is 16.4. The molecule has 1 heterocycles. The summed E-state index contributed by atoms with van der Waals surface area (Å²) >= 11 is 3.56. The first kappa shape index (κ1) is 18.8. The number of halogens is 1. The van der Waals surface area contributed by atoms with Crippen molar-refractivity contribution < 1.29 is 9.47 Å². The van der Waals surface area contributed by atoms with E-state index in [-0.39, 0.29) is 0 Å². The summed E-state index contributed by atoms with van der Waals surface area (Å²) in [6.45, 7) is 9.35. The number of ether oxygens (including phenoxy) is 2. The summed E-state index contributed by atoms with van der Waals surface area (Å²) in [5, 5.41) is 7.95. The first-order valence-corrected chi connectivity index (χ1v) is 9.05. The van der Waals surface area contributed by atoms with Crippen LogP contribution in [0.4, 0.5) is 0 Å². The van der Waals surface area contributed by atoms with Crippen LogP contribution in [0.2, 0.25) is 0 Å². The molecule has 0 aliphatic heterocycles. The number of methoxy groups -OCH3 is 1. The van der Waals surface area contributed by atoms with Crippen molar-refractivity contribution in [3.05, 3.63) is 39.6 Å². The number of nitrogens with one attached hydrogen (secondary N) is 1. The molecule has 0 atom stereocenters. The van der Waals surface area contributed by atoms with Crippen molar-refractivity contribution in [2.75, 3.05) is 20.3 Å². The molecule has 0 aliphatic carbocycles. The molecule has 0 aliphatic rings.